The molecule has 0 saturated carbocycles. The molecule has 2 aliphatic rings. The molecule has 1 aliphatic carbocycles. The number of benzene rings is 2. The van der Waals surface area contributed by atoms with Crippen molar-refractivity contribution in [1.82, 2.24) is 14.7 Å². The molecule has 6 nitrogen and oxygen atoms in total. The molecule has 32 heavy (non-hydrogen) atoms. The zero-order valence-electron chi connectivity index (χ0n) is 18.0. The van der Waals surface area contributed by atoms with Crippen molar-refractivity contribution in [2.24, 2.45) is 0 Å². The molecule has 1 saturated heterocycles. The van der Waals surface area contributed by atoms with E-state index in [9.17, 15) is 14.0 Å². The topological polar surface area (TPSA) is 67.2 Å². The number of hydrogen-bond donors (Lipinski definition) is 1. The second kappa shape index (κ2) is 8.22. The van der Waals surface area contributed by atoms with Gasteiger partial charge in [0.25, 0.3) is 11.8 Å². The number of nitrogens with one attached hydrogen (secondary N) is 1. The maximum Gasteiger partial charge on any atom is 0.276 e. The fourth-order valence-corrected chi connectivity index (χ4v) is 4.76. The quantitative estimate of drug-likeness (QED) is 0.669. The lowest BCUT2D eigenvalue weighted by atomic mass is 10.0. The molecule has 5 rings (SSSR count). The van der Waals surface area contributed by atoms with Crippen LogP contribution in [-0.4, -0.2) is 39.6 Å². The van der Waals surface area contributed by atoms with Crippen molar-refractivity contribution in [3.63, 3.8) is 0 Å². The number of hydrogen-bond acceptors (Lipinski definition) is 3. The van der Waals surface area contributed by atoms with Gasteiger partial charge in [-0.25, -0.2) is 9.07 Å². The number of nitrogens with zero attached hydrogens (tertiary/aromatic N) is 3. The zero-order chi connectivity index (χ0) is 22.2. The molecule has 3 aromatic rings. The number of aromatic nitrogens is 2. The monoisotopic (exact) mass is 432 g/mol. The number of likely N-dealkylation sites (tertiary alicyclic amines) is 1. The lowest BCUT2D eigenvalue weighted by Crippen LogP contribution is -2.29. The lowest BCUT2D eigenvalue weighted by Gasteiger charge is -2.19. The third-order valence-corrected chi connectivity index (χ3v) is 6.35. The Balaban J connectivity index is 1.50. The highest BCUT2D eigenvalue weighted by Crippen LogP contribution is 2.30. The standard InChI is InChI=1S/C25H25FN4O2/c1-16-8-6-11-19(22(16)25(32)29-14-4-5-15-29)27-24(31)23-17-9-7-13-20(17)30(28-23)21-12-3-2-10-18(21)26/h2-3,6,8,10-12H,4-5,7,9,13-15H2,1H3,(H,27,31). The molecule has 1 N–H and O–H groups in total. The minimum Gasteiger partial charge on any atom is -0.339 e. The Morgan fingerprint density at radius 3 is 2.56 bits per heavy atom. The smallest absolute Gasteiger partial charge is 0.276 e. The SMILES string of the molecule is Cc1cccc(NC(=O)c2nn(-c3ccccc3F)c3c2CCC3)c1C(=O)N1CCCC1. The Kier molecular flexibility index (Phi) is 5.25. The van der Waals surface area contributed by atoms with Crippen LogP contribution < -0.4 is 5.32 Å². The Bertz CT molecular complexity index is 1210. The highest BCUT2D eigenvalue weighted by atomic mass is 19.1. The fraction of sp³-hybridized carbons (Fsp3) is 0.320. The van der Waals surface area contributed by atoms with E-state index in [1.807, 2.05) is 24.0 Å². The van der Waals surface area contributed by atoms with Crippen molar-refractivity contribution in [2.75, 3.05) is 18.4 Å². The Morgan fingerprint density at radius 1 is 1.00 bits per heavy atom. The van der Waals surface area contributed by atoms with Gasteiger partial charge >= 0.3 is 0 Å². The van der Waals surface area contributed by atoms with Crippen LogP contribution in [0.4, 0.5) is 10.1 Å². The van der Waals surface area contributed by atoms with Gasteiger partial charge in [0.15, 0.2) is 5.69 Å². The molecule has 0 spiro atoms. The predicted octanol–water partition coefficient (Wildman–Crippen LogP) is 4.30. The van der Waals surface area contributed by atoms with E-state index >= 15 is 0 Å². The number of fused-ring (bicyclic) bond motifs is 1. The summed E-state index contributed by atoms with van der Waals surface area (Å²) >= 11 is 0. The number of halogens is 1. The lowest BCUT2D eigenvalue weighted by molar-refractivity contribution is 0.0793. The average Bonchev–Trinajstić information content (AvgIpc) is 3.52. The number of aryl methyl sites for hydroxylation is 1. The largest absolute Gasteiger partial charge is 0.339 e. The van der Waals surface area contributed by atoms with Gasteiger partial charge in [-0.15, -0.1) is 0 Å². The van der Waals surface area contributed by atoms with Gasteiger partial charge in [0.2, 0.25) is 0 Å². The van der Waals surface area contributed by atoms with Gasteiger partial charge in [-0.2, -0.15) is 5.10 Å². The molecule has 0 bridgehead atoms. The fourth-order valence-electron chi connectivity index (χ4n) is 4.76. The molecule has 1 fully saturated rings. The van der Waals surface area contributed by atoms with Crippen molar-refractivity contribution < 1.29 is 14.0 Å². The predicted molar refractivity (Wildman–Crippen MR) is 120 cm³/mol. The van der Waals surface area contributed by atoms with Gasteiger partial charge in [-0.3, -0.25) is 9.59 Å². The molecule has 0 unspecified atom stereocenters. The summed E-state index contributed by atoms with van der Waals surface area (Å²) in [7, 11) is 0. The highest BCUT2D eigenvalue weighted by Gasteiger charge is 2.29. The first-order valence-electron chi connectivity index (χ1n) is 11.1. The minimum absolute atomic E-state index is 0.0574. The third kappa shape index (κ3) is 3.47. The molecule has 1 aliphatic heterocycles. The third-order valence-electron chi connectivity index (χ3n) is 6.35. The average molecular weight is 432 g/mol. The van der Waals surface area contributed by atoms with Crippen LogP contribution >= 0.6 is 0 Å². The van der Waals surface area contributed by atoms with E-state index in [2.05, 4.69) is 10.4 Å². The van der Waals surface area contributed by atoms with Gasteiger partial charge in [0, 0.05) is 24.3 Å². The van der Waals surface area contributed by atoms with Crippen molar-refractivity contribution in [1.29, 1.82) is 0 Å². The van der Waals surface area contributed by atoms with E-state index in [0.29, 0.717) is 22.6 Å². The summed E-state index contributed by atoms with van der Waals surface area (Å²) in [5.74, 6) is -0.814. The van der Waals surface area contributed by atoms with E-state index in [1.54, 1.807) is 28.9 Å². The number of amides is 2. The van der Waals surface area contributed by atoms with Crippen LogP contribution in [0.25, 0.3) is 5.69 Å². The first-order chi connectivity index (χ1) is 15.5. The van der Waals surface area contributed by atoms with Crippen molar-refractivity contribution in [3.8, 4) is 5.69 Å². The first-order valence-corrected chi connectivity index (χ1v) is 11.1. The summed E-state index contributed by atoms with van der Waals surface area (Å²) in [6, 6.07) is 11.9. The molecular weight excluding hydrogens is 407 g/mol. The van der Waals surface area contributed by atoms with Gasteiger partial charge < -0.3 is 10.2 Å². The summed E-state index contributed by atoms with van der Waals surface area (Å²) in [5, 5.41) is 7.43. The molecule has 7 heteroatoms. The Hall–Kier alpha value is -3.48. The number of anilines is 1. The maximum atomic E-state index is 14.4. The first kappa shape index (κ1) is 20.4. The van der Waals surface area contributed by atoms with E-state index in [0.717, 1.165) is 62.0 Å². The van der Waals surface area contributed by atoms with Gasteiger partial charge in [-0.05, 0) is 62.8 Å². The van der Waals surface area contributed by atoms with Gasteiger partial charge in [-0.1, -0.05) is 24.3 Å². The van der Waals surface area contributed by atoms with Crippen molar-refractivity contribution >= 4 is 17.5 Å². The van der Waals surface area contributed by atoms with E-state index < -0.39 is 0 Å². The molecule has 164 valence electrons. The van der Waals surface area contributed by atoms with Crippen LogP contribution in [0.15, 0.2) is 42.5 Å². The van der Waals surface area contributed by atoms with Crippen LogP contribution in [0.2, 0.25) is 0 Å². The molecule has 2 heterocycles. The summed E-state index contributed by atoms with van der Waals surface area (Å²) < 4.78 is 16.0. The summed E-state index contributed by atoms with van der Waals surface area (Å²) in [6.07, 6.45) is 4.36. The molecule has 1 aromatic heterocycles. The van der Waals surface area contributed by atoms with E-state index in [-0.39, 0.29) is 17.6 Å². The Morgan fingerprint density at radius 2 is 1.78 bits per heavy atom. The Labute approximate surface area is 186 Å². The molecule has 0 atom stereocenters. The molecule has 0 radical (unpaired) electrons. The summed E-state index contributed by atoms with van der Waals surface area (Å²) in [5.41, 5.74) is 4.18. The molecule has 2 amide bonds. The van der Waals surface area contributed by atoms with Gasteiger partial charge in [0.05, 0.1) is 11.3 Å². The molecular formula is C25H25FN4O2. The second-order valence-corrected chi connectivity index (χ2v) is 8.44. The van der Waals surface area contributed by atoms with Gasteiger partial charge in [0.1, 0.15) is 11.5 Å². The van der Waals surface area contributed by atoms with Crippen LogP contribution in [0.3, 0.4) is 0 Å². The highest BCUT2D eigenvalue weighted by molar-refractivity contribution is 6.09. The van der Waals surface area contributed by atoms with Crippen LogP contribution in [0.5, 0.6) is 0 Å². The number of carbonyl (C=O) groups is 2. The zero-order valence-corrected chi connectivity index (χ0v) is 18.0. The van der Waals surface area contributed by atoms with Crippen molar-refractivity contribution in [2.45, 2.75) is 39.0 Å². The number of carbonyl (C=O) groups excluding carboxylic acids is 2. The number of para-hydroxylation sites is 1. The van der Waals surface area contributed by atoms with Crippen LogP contribution in [-0.2, 0) is 12.8 Å². The van der Waals surface area contributed by atoms with Crippen LogP contribution in [0, 0.1) is 12.7 Å². The number of rotatable bonds is 4. The molecule has 2 aromatic carbocycles. The van der Waals surface area contributed by atoms with E-state index in [4.69, 9.17) is 0 Å². The maximum absolute atomic E-state index is 14.4. The normalized spacial score (nSPS) is 15.1. The van der Waals surface area contributed by atoms with E-state index in [1.165, 1.54) is 6.07 Å². The van der Waals surface area contributed by atoms with Crippen molar-refractivity contribution in [3.05, 3.63) is 76.4 Å². The summed E-state index contributed by atoms with van der Waals surface area (Å²) in [4.78, 5) is 28.3. The van der Waals surface area contributed by atoms with Crippen LogP contribution in [0.1, 0.15) is 56.9 Å². The minimum atomic E-state index is -0.381. The summed E-state index contributed by atoms with van der Waals surface area (Å²) in [6.45, 7) is 3.35. The second-order valence-electron chi connectivity index (χ2n) is 8.44.